The predicted molar refractivity (Wildman–Crippen MR) is 149 cm³/mol. The number of amides is 1. The molecule has 220 valence electrons. The molecule has 0 atom stereocenters. The number of hydrogen-bond donors (Lipinski definition) is 3. The number of nitrogens with one attached hydrogen (secondary N) is 2. The van der Waals surface area contributed by atoms with E-state index in [1.165, 1.54) is 0 Å². The molecule has 0 saturated heterocycles. The second kappa shape index (κ2) is 11.7. The molecule has 0 unspecified atom stereocenters. The molecule has 16 heteroatoms. The molecule has 43 heavy (non-hydrogen) atoms. The molecule has 0 fully saturated rings. The SMILES string of the molecule is Cc1nnc(Nc2ncc3c(n2)N2CCN=C2C(c2cc(NC(=O)c4cc(C(F)(F)F)ccn4)ccc2C)=C3)o1.O=CO. The van der Waals surface area contributed by atoms with E-state index in [0.29, 0.717) is 36.3 Å². The van der Waals surface area contributed by atoms with Gasteiger partial charge in [-0.15, -0.1) is 5.10 Å². The summed E-state index contributed by atoms with van der Waals surface area (Å²) in [4.78, 5) is 40.6. The molecule has 2 aliphatic rings. The van der Waals surface area contributed by atoms with Crippen LogP contribution in [0.15, 0.2) is 52.1 Å². The van der Waals surface area contributed by atoms with Crippen LogP contribution in [0, 0.1) is 13.8 Å². The lowest BCUT2D eigenvalue weighted by atomic mass is 9.94. The van der Waals surface area contributed by atoms with Crippen LogP contribution in [0.5, 0.6) is 0 Å². The summed E-state index contributed by atoms with van der Waals surface area (Å²) in [5.74, 6) is 1.30. The van der Waals surface area contributed by atoms with Gasteiger partial charge in [0.15, 0.2) is 0 Å². The molecule has 0 radical (unpaired) electrons. The molecule has 13 nitrogen and oxygen atoms in total. The van der Waals surface area contributed by atoms with Gasteiger partial charge in [0.25, 0.3) is 12.4 Å². The van der Waals surface area contributed by atoms with Crippen molar-refractivity contribution in [2.75, 3.05) is 28.6 Å². The van der Waals surface area contributed by atoms with Crippen molar-refractivity contribution < 1.29 is 32.3 Å². The number of amidine groups is 1. The molecule has 2 aliphatic heterocycles. The van der Waals surface area contributed by atoms with Gasteiger partial charge in [0, 0.05) is 42.7 Å². The van der Waals surface area contributed by atoms with E-state index < -0.39 is 17.6 Å². The second-order valence-corrected chi connectivity index (χ2v) is 9.16. The van der Waals surface area contributed by atoms with Crippen LogP contribution in [0.25, 0.3) is 11.6 Å². The highest BCUT2D eigenvalue weighted by molar-refractivity contribution is 6.36. The number of fused-ring (bicyclic) bond motifs is 3. The minimum Gasteiger partial charge on any atom is -0.483 e. The molecule has 0 saturated carbocycles. The normalized spacial score (nSPS) is 13.6. The summed E-state index contributed by atoms with van der Waals surface area (Å²) in [6.45, 7) is 4.50. The first-order valence-electron chi connectivity index (χ1n) is 12.6. The molecule has 6 rings (SSSR count). The van der Waals surface area contributed by atoms with Crippen molar-refractivity contribution in [1.82, 2.24) is 25.1 Å². The van der Waals surface area contributed by atoms with Gasteiger partial charge >= 0.3 is 12.2 Å². The fourth-order valence-electron chi connectivity index (χ4n) is 4.42. The van der Waals surface area contributed by atoms with Crippen LogP contribution < -0.4 is 15.5 Å². The van der Waals surface area contributed by atoms with Gasteiger partial charge < -0.3 is 19.7 Å². The highest BCUT2D eigenvalue weighted by Crippen LogP contribution is 2.37. The van der Waals surface area contributed by atoms with Gasteiger partial charge in [0.1, 0.15) is 17.3 Å². The van der Waals surface area contributed by atoms with E-state index in [0.717, 1.165) is 40.6 Å². The second-order valence-electron chi connectivity index (χ2n) is 9.16. The molecule has 3 aromatic heterocycles. The first kappa shape index (κ1) is 28.8. The van der Waals surface area contributed by atoms with Gasteiger partial charge in [-0.25, -0.2) is 4.98 Å². The van der Waals surface area contributed by atoms with Crippen molar-refractivity contribution in [2.24, 2.45) is 4.99 Å². The Morgan fingerprint density at radius 1 is 1.14 bits per heavy atom. The van der Waals surface area contributed by atoms with Gasteiger partial charge in [-0.3, -0.25) is 24.9 Å². The number of pyridine rings is 1. The fourth-order valence-corrected chi connectivity index (χ4v) is 4.42. The summed E-state index contributed by atoms with van der Waals surface area (Å²) < 4.78 is 44.6. The van der Waals surface area contributed by atoms with Crippen molar-refractivity contribution in [3.8, 4) is 0 Å². The third-order valence-corrected chi connectivity index (χ3v) is 6.28. The number of aromatic nitrogens is 5. The lowest BCUT2D eigenvalue weighted by molar-refractivity contribution is -0.137. The molecule has 0 aliphatic carbocycles. The van der Waals surface area contributed by atoms with E-state index in [1.807, 2.05) is 24.0 Å². The zero-order chi connectivity index (χ0) is 30.7. The lowest BCUT2D eigenvalue weighted by Gasteiger charge is -2.28. The van der Waals surface area contributed by atoms with Crippen LogP contribution in [-0.2, 0) is 11.0 Å². The van der Waals surface area contributed by atoms with Crippen molar-refractivity contribution in [1.29, 1.82) is 0 Å². The molecule has 1 aromatic carbocycles. The zero-order valence-electron chi connectivity index (χ0n) is 22.5. The summed E-state index contributed by atoms with van der Waals surface area (Å²) in [5.41, 5.74) is 2.35. The molecule has 3 N–H and O–H groups in total. The largest absolute Gasteiger partial charge is 0.483 e. The summed E-state index contributed by atoms with van der Waals surface area (Å²) >= 11 is 0. The number of aryl methyl sites for hydroxylation is 2. The number of benzene rings is 1. The standard InChI is InChI=1S/C26H20F3N9O2.CH2O2/c1-13-3-4-17(33-23(39)20-10-16(5-6-30-20)26(27,28)29)11-18(13)19-9-15-12-32-24(35-25-37-36-14(2)40-25)34-21(15)38-8-7-31-22(19)38;2-1-3/h3-6,9-12H,7-8H2,1-2H3,(H,33,39)(H,32,34,35,37);1H,(H,2,3). The number of nitrogens with zero attached hydrogens (tertiary/aromatic N) is 7. The lowest BCUT2D eigenvalue weighted by Crippen LogP contribution is -2.32. The highest BCUT2D eigenvalue weighted by atomic mass is 19.4. The number of rotatable bonds is 5. The van der Waals surface area contributed by atoms with Gasteiger partial charge in [-0.05, 0) is 48.4 Å². The molecule has 1 amide bonds. The molecule has 5 heterocycles. The molecule has 0 bridgehead atoms. The number of halogens is 3. The predicted octanol–water partition coefficient (Wildman–Crippen LogP) is 4.36. The number of carbonyl (C=O) groups is 2. The maximum Gasteiger partial charge on any atom is 0.416 e. The van der Waals surface area contributed by atoms with Crippen molar-refractivity contribution in [3.63, 3.8) is 0 Å². The first-order valence-corrected chi connectivity index (χ1v) is 12.6. The van der Waals surface area contributed by atoms with Crippen LogP contribution >= 0.6 is 0 Å². The molecule has 0 spiro atoms. The Kier molecular flexibility index (Phi) is 7.83. The van der Waals surface area contributed by atoms with E-state index >= 15 is 0 Å². The van der Waals surface area contributed by atoms with Crippen LogP contribution in [0.1, 0.15) is 38.6 Å². The van der Waals surface area contributed by atoms with E-state index in [9.17, 15) is 18.0 Å². The van der Waals surface area contributed by atoms with Crippen molar-refractivity contribution in [2.45, 2.75) is 20.0 Å². The van der Waals surface area contributed by atoms with Crippen LogP contribution in [0.3, 0.4) is 0 Å². The minimum atomic E-state index is -4.58. The van der Waals surface area contributed by atoms with E-state index in [2.05, 4.69) is 35.8 Å². The quantitative estimate of drug-likeness (QED) is 0.281. The number of carbonyl (C=O) groups excluding carboxylic acids is 1. The van der Waals surface area contributed by atoms with Gasteiger partial charge in [0.05, 0.1) is 12.1 Å². The maximum absolute atomic E-state index is 13.1. The fraction of sp³-hybridized carbons (Fsp3) is 0.185. The molecular weight excluding hydrogens is 571 g/mol. The average molecular weight is 594 g/mol. The first-order chi connectivity index (χ1) is 20.6. The Bertz CT molecular complexity index is 1770. The number of hydrogen-bond acceptors (Lipinski definition) is 11. The third kappa shape index (κ3) is 6.17. The van der Waals surface area contributed by atoms with Gasteiger partial charge in [-0.2, -0.15) is 18.2 Å². The van der Waals surface area contributed by atoms with Crippen LogP contribution in [-0.4, -0.2) is 61.6 Å². The van der Waals surface area contributed by atoms with Gasteiger partial charge in [0.2, 0.25) is 11.8 Å². The Balaban J connectivity index is 0.00000118. The van der Waals surface area contributed by atoms with Crippen molar-refractivity contribution >= 4 is 53.3 Å². The highest BCUT2D eigenvalue weighted by Gasteiger charge is 2.32. The summed E-state index contributed by atoms with van der Waals surface area (Å²) in [6.07, 6.45) is -0.0390. The summed E-state index contributed by atoms with van der Waals surface area (Å²) in [6, 6.07) is 6.96. The monoisotopic (exact) mass is 593 g/mol. The number of carboxylic acid groups (broad SMARTS) is 1. The van der Waals surface area contributed by atoms with E-state index in [-0.39, 0.29) is 24.1 Å². The van der Waals surface area contributed by atoms with Gasteiger partial charge in [-0.1, -0.05) is 11.2 Å². The third-order valence-electron chi connectivity index (χ3n) is 6.28. The van der Waals surface area contributed by atoms with Crippen LogP contribution in [0.2, 0.25) is 0 Å². The van der Waals surface area contributed by atoms with E-state index in [1.54, 1.807) is 25.3 Å². The topological polar surface area (TPSA) is 172 Å². The number of aliphatic imine (C=N–C) groups is 1. The number of anilines is 4. The van der Waals surface area contributed by atoms with Crippen molar-refractivity contribution in [3.05, 3.63) is 76.6 Å². The number of alkyl halides is 3. The Hall–Kier alpha value is -5.67. The Labute approximate surface area is 241 Å². The Morgan fingerprint density at radius 2 is 1.93 bits per heavy atom. The average Bonchev–Trinajstić information content (AvgIpc) is 3.63. The van der Waals surface area contributed by atoms with Crippen LogP contribution in [0.4, 0.5) is 36.6 Å². The molecular formula is C27H22F3N9O4. The summed E-state index contributed by atoms with van der Waals surface area (Å²) in [7, 11) is 0. The molecule has 4 aromatic rings. The smallest absolute Gasteiger partial charge is 0.416 e. The Morgan fingerprint density at radius 3 is 2.65 bits per heavy atom. The van der Waals surface area contributed by atoms with E-state index in [4.69, 9.17) is 19.3 Å². The minimum absolute atomic E-state index is 0.176. The summed E-state index contributed by atoms with van der Waals surface area (Å²) in [5, 5.41) is 20.1. The zero-order valence-corrected chi connectivity index (χ0v) is 22.5. The maximum atomic E-state index is 13.1.